The molecule has 0 radical (unpaired) electrons. The number of Topliss-reactive ketones (excluding diaryl/α,β-unsaturated/α-hetero) is 1. The van der Waals surface area contributed by atoms with Gasteiger partial charge in [0.05, 0.1) is 18.6 Å². The summed E-state index contributed by atoms with van der Waals surface area (Å²) in [4.78, 5) is 55.4. The van der Waals surface area contributed by atoms with Crippen LogP contribution in [-0.2, 0) is 20.9 Å². The number of aromatic nitrogens is 2. The number of aryl methyl sites for hydroxylation is 1. The van der Waals surface area contributed by atoms with Crippen LogP contribution < -0.4 is 10.3 Å². The Morgan fingerprint density at radius 2 is 1.85 bits per heavy atom. The summed E-state index contributed by atoms with van der Waals surface area (Å²) in [6, 6.07) is 6.77. The summed E-state index contributed by atoms with van der Waals surface area (Å²) in [5, 5.41) is 0.326. The average Bonchev–Trinajstić information content (AvgIpc) is 3.12. The fourth-order valence-corrected chi connectivity index (χ4v) is 4.16. The number of ketones is 1. The van der Waals surface area contributed by atoms with Crippen molar-refractivity contribution in [3.05, 3.63) is 56.4 Å². The van der Waals surface area contributed by atoms with Gasteiger partial charge in [0, 0.05) is 12.0 Å². The SMILES string of the molecule is CCOC(=O)c1sc2nc(COC(=O)CCCOc3ccc(C(C)=O)cc3)[nH]c(=O)c2c1C. The predicted octanol–water partition coefficient (Wildman–Crippen LogP) is 3.57. The van der Waals surface area contributed by atoms with Crippen molar-refractivity contribution in [2.45, 2.75) is 40.2 Å². The van der Waals surface area contributed by atoms with Crippen molar-refractivity contribution in [2.75, 3.05) is 13.2 Å². The van der Waals surface area contributed by atoms with Crippen LogP contribution in [0.25, 0.3) is 10.2 Å². The van der Waals surface area contributed by atoms with Crippen LogP contribution in [0.5, 0.6) is 5.75 Å². The lowest BCUT2D eigenvalue weighted by atomic mass is 10.1. The minimum atomic E-state index is -0.498. The molecule has 0 atom stereocenters. The smallest absolute Gasteiger partial charge is 0.348 e. The van der Waals surface area contributed by atoms with Gasteiger partial charge in [0.25, 0.3) is 5.56 Å². The van der Waals surface area contributed by atoms with Gasteiger partial charge in [-0.05, 0) is 57.0 Å². The molecule has 1 aromatic carbocycles. The summed E-state index contributed by atoms with van der Waals surface area (Å²) >= 11 is 1.07. The second-order valence-electron chi connectivity index (χ2n) is 7.16. The third kappa shape index (κ3) is 6.04. The predicted molar refractivity (Wildman–Crippen MR) is 122 cm³/mol. The molecule has 10 heteroatoms. The van der Waals surface area contributed by atoms with Crippen molar-refractivity contribution in [2.24, 2.45) is 0 Å². The van der Waals surface area contributed by atoms with Crippen LogP contribution in [0.1, 0.15) is 58.1 Å². The molecule has 0 amide bonds. The molecule has 0 saturated carbocycles. The molecule has 0 bridgehead atoms. The summed E-state index contributed by atoms with van der Waals surface area (Å²) in [6.07, 6.45) is 0.562. The van der Waals surface area contributed by atoms with E-state index >= 15 is 0 Å². The number of carbonyl (C=O) groups is 3. The minimum Gasteiger partial charge on any atom is -0.494 e. The minimum absolute atomic E-state index is 0.0204. The number of ether oxygens (including phenoxy) is 3. The number of carbonyl (C=O) groups excluding carboxylic acids is 3. The monoisotopic (exact) mass is 472 g/mol. The van der Waals surface area contributed by atoms with Crippen LogP contribution >= 0.6 is 11.3 Å². The molecule has 3 aromatic rings. The summed E-state index contributed by atoms with van der Waals surface area (Å²) < 4.78 is 15.8. The van der Waals surface area contributed by atoms with Gasteiger partial charge in [-0.1, -0.05) is 0 Å². The third-order valence-corrected chi connectivity index (χ3v) is 5.90. The first-order chi connectivity index (χ1) is 15.8. The van der Waals surface area contributed by atoms with Crippen molar-refractivity contribution in [3.63, 3.8) is 0 Å². The Kier molecular flexibility index (Phi) is 7.94. The van der Waals surface area contributed by atoms with Gasteiger partial charge in [-0.15, -0.1) is 11.3 Å². The van der Waals surface area contributed by atoms with Crippen molar-refractivity contribution >= 4 is 39.3 Å². The lowest BCUT2D eigenvalue weighted by molar-refractivity contribution is -0.145. The molecule has 0 unspecified atom stereocenters. The quantitative estimate of drug-likeness (QED) is 0.270. The van der Waals surface area contributed by atoms with E-state index in [0.29, 0.717) is 45.0 Å². The maximum absolute atomic E-state index is 12.4. The molecular weight excluding hydrogens is 448 g/mol. The van der Waals surface area contributed by atoms with Gasteiger partial charge < -0.3 is 19.2 Å². The molecule has 3 rings (SSSR count). The summed E-state index contributed by atoms with van der Waals surface area (Å²) in [6.45, 7) is 5.21. The van der Waals surface area contributed by atoms with Gasteiger partial charge in [0.1, 0.15) is 27.9 Å². The highest BCUT2D eigenvalue weighted by Gasteiger charge is 2.20. The van der Waals surface area contributed by atoms with Crippen LogP contribution in [0.2, 0.25) is 0 Å². The van der Waals surface area contributed by atoms with Gasteiger partial charge >= 0.3 is 11.9 Å². The molecule has 0 aliphatic carbocycles. The number of nitrogens with zero attached hydrogens (tertiary/aromatic N) is 1. The number of hydrogen-bond donors (Lipinski definition) is 1. The average molecular weight is 473 g/mol. The van der Waals surface area contributed by atoms with E-state index in [0.717, 1.165) is 11.3 Å². The highest BCUT2D eigenvalue weighted by molar-refractivity contribution is 7.20. The number of H-pyrrole nitrogens is 1. The van der Waals surface area contributed by atoms with E-state index in [2.05, 4.69) is 9.97 Å². The first kappa shape index (κ1) is 24.1. The van der Waals surface area contributed by atoms with Gasteiger partial charge in [-0.25, -0.2) is 9.78 Å². The number of esters is 2. The number of benzene rings is 1. The Morgan fingerprint density at radius 1 is 1.12 bits per heavy atom. The normalized spacial score (nSPS) is 10.8. The number of rotatable bonds is 10. The molecule has 2 heterocycles. The van der Waals surface area contributed by atoms with Gasteiger partial charge in [0.15, 0.2) is 5.78 Å². The van der Waals surface area contributed by atoms with Gasteiger partial charge in [-0.2, -0.15) is 0 Å². The van der Waals surface area contributed by atoms with E-state index in [1.165, 1.54) is 6.92 Å². The van der Waals surface area contributed by atoms with Gasteiger partial charge in [0.2, 0.25) is 0 Å². The Balaban J connectivity index is 1.51. The van der Waals surface area contributed by atoms with E-state index in [1.807, 2.05) is 0 Å². The molecule has 0 aliphatic rings. The maximum atomic E-state index is 12.4. The molecule has 174 valence electrons. The standard InChI is InChI=1S/C23H24N2O7S/c1-4-30-23(29)20-13(2)19-21(28)24-17(25-22(19)33-20)12-32-18(27)6-5-11-31-16-9-7-15(8-10-16)14(3)26/h7-10H,4-6,11-12H2,1-3H3,(H,24,25,28). The molecule has 2 aromatic heterocycles. The fraction of sp³-hybridized carbons (Fsp3) is 0.348. The second-order valence-corrected chi connectivity index (χ2v) is 8.16. The Bertz CT molecular complexity index is 1230. The maximum Gasteiger partial charge on any atom is 0.348 e. The van der Waals surface area contributed by atoms with Gasteiger partial charge in [-0.3, -0.25) is 14.4 Å². The fourth-order valence-electron chi connectivity index (χ4n) is 3.06. The van der Waals surface area contributed by atoms with E-state index in [9.17, 15) is 19.2 Å². The largest absolute Gasteiger partial charge is 0.494 e. The van der Waals surface area contributed by atoms with Crippen molar-refractivity contribution in [3.8, 4) is 5.75 Å². The first-order valence-electron chi connectivity index (χ1n) is 10.4. The van der Waals surface area contributed by atoms with E-state index in [4.69, 9.17) is 14.2 Å². The molecule has 0 spiro atoms. The highest BCUT2D eigenvalue weighted by atomic mass is 32.1. The molecule has 0 aliphatic heterocycles. The topological polar surface area (TPSA) is 125 Å². The Labute approximate surface area is 193 Å². The molecule has 1 N–H and O–H groups in total. The Morgan fingerprint density at radius 3 is 2.52 bits per heavy atom. The molecular formula is C23H24N2O7S. The number of aromatic amines is 1. The molecule has 33 heavy (non-hydrogen) atoms. The lowest BCUT2D eigenvalue weighted by Crippen LogP contribution is -2.14. The zero-order valence-electron chi connectivity index (χ0n) is 18.6. The Hall–Kier alpha value is -3.53. The summed E-state index contributed by atoms with van der Waals surface area (Å²) in [5.74, 6) is -0.172. The van der Waals surface area contributed by atoms with Crippen LogP contribution in [0.15, 0.2) is 29.1 Å². The molecule has 0 fully saturated rings. The summed E-state index contributed by atoms with van der Waals surface area (Å²) in [5.41, 5.74) is 0.715. The molecule has 0 saturated heterocycles. The van der Waals surface area contributed by atoms with E-state index < -0.39 is 17.5 Å². The molecule has 9 nitrogen and oxygen atoms in total. The zero-order chi connectivity index (χ0) is 24.0. The number of fused-ring (bicyclic) bond motifs is 1. The number of thiophene rings is 1. The third-order valence-electron chi connectivity index (χ3n) is 4.74. The number of nitrogens with one attached hydrogen (secondary N) is 1. The highest BCUT2D eigenvalue weighted by Crippen LogP contribution is 2.27. The van der Waals surface area contributed by atoms with Crippen molar-refractivity contribution in [1.29, 1.82) is 0 Å². The lowest BCUT2D eigenvalue weighted by Gasteiger charge is -2.07. The van der Waals surface area contributed by atoms with E-state index in [-0.39, 0.29) is 31.2 Å². The van der Waals surface area contributed by atoms with Crippen molar-refractivity contribution < 1.29 is 28.6 Å². The zero-order valence-corrected chi connectivity index (χ0v) is 19.4. The van der Waals surface area contributed by atoms with Crippen molar-refractivity contribution in [1.82, 2.24) is 9.97 Å². The first-order valence-corrected chi connectivity index (χ1v) is 11.2. The second kappa shape index (κ2) is 10.9. The number of hydrogen-bond acceptors (Lipinski definition) is 9. The van der Waals surface area contributed by atoms with Crippen LogP contribution in [0, 0.1) is 6.92 Å². The van der Waals surface area contributed by atoms with E-state index in [1.54, 1.807) is 38.1 Å². The van der Waals surface area contributed by atoms with Crippen LogP contribution in [-0.4, -0.2) is 40.9 Å². The van der Waals surface area contributed by atoms with Crippen LogP contribution in [0.4, 0.5) is 0 Å². The van der Waals surface area contributed by atoms with Crippen LogP contribution in [0.3, 0.4) is 0 Å². The summed E-state index contributed by atoms with van der Waals surface area (Å²) in [7, 11) is 0.